The molecule has 0 amide bonds. The van der Waals surface area contributed by atoms with E-state index in [9.17, 15) is 0 Å². The molecule has 0 heterocycles. The molecule has 0 spiro atoms. The predicted molar refractivity (Wildman–Crippen MR) is 13.1 cm³/mol. The van der Waals surface area contributed by atoms with Gasteiger partial charge in [-0.25, -0.2) is 0 Å². The standard InChI is InChI=1S/CH2O3.Al.Ni.H2O/c2-1(3)4;;;/h(H2,2,3,4);;;1H2/q;+3;+2;/p-3. The molecule has 0 fully saturated rings. The van der Waals surface area contributed by atoms with Crippen LogP contribution in [-0.2, 0) is 16.5 Å². The van der Waals surface area contributed by atoms with Gasteiger partial charge in [0, 0.05) is 0 Å². The first-order valence-electron chi connectivity index (χ1n) is 0.612. The van der Waals surface area contributed by atoms with E-state index in [1.54, 1.807) is 0 Å². The van der Waals surface area contributed by atoms with Crippen LogP contribution in [0.1, 0.15) is 0 Å². The van der Waals surface area contributed by atoms with Crippen molar-refractivity contribution in [3.05, 3.63) is 0 Å². The topological polar surface area (TPSA) is 93.2 Å². The van der Waals surface area contributed by atoms with Crippen LogP contribution >= 0.6 is 0 Å². The van der Waals surface area contributed by atoms with E-state index in [1.807, 2.05) is 0 Å². The summed E-state index contributed by atoms with van der Waals surface area (Å²) in [6.45, 7) is 0. The van der Waals surface area contributed by atoms with E-state index >= 15 is 0 Å². The van der Waals surface area contributed by atoms with Crippen LogP contribution in [0.4, 0.5) is 4.79 Å². The van der Waals surface area contributed by atoms with E-state index < -0.39 is 6.16 Å². The van der Waals surface area contributed by atoms with Gasteiger partial charge in [0.25, 0.3) is 0 Å². The van der Waals surface area contributed by atoms with Crippen LogP contribution in [0.25, 0.3) is 0 Å². The maximum absolute atomic E-state index is 8.33. The number of hydrogen-bond donors (Lipinski definition) is 0. The molecule has 0 unspecified atom stereocenters. The molecule has 0 saturated heterocycles. The molecule has 0 rings (SSSR count). The van der Waals surface area contributed by atoms with E-state index in [2.05, 4.69) is 0 Å². The number of carboxylic acid groups (broad SMARTS) is 2. The summed E-state index contributed by atoms with van der Waals surface area (Å²) in [5.74, 6) is 0. The molecule has 1 N–H and O–H groups in total. The second-order valence-electron chi connectivity index (χ2n) is 0.250. The summed E-state index contributed by atoms with van der Waals surface area (Å²) < 4.78 is 0. The zero-order valence-electron chi connectivity index (χ0n) is 3.07. The molecule has 0 aromatic rings. The summed E-state index contributed by atoms with van der Waals surface area (Å²) in [6.07, 6.45) is -2.33. The van der Waals surface area contributed by atoms with Crippen molar-refractivity contribution in [3.63, 3.8) is 0 Å². The molecule has 6 heteroatoms. The van der Waals surface area contributed by atoms with Gasteiger partial charge < -0.3 is 20.5 Å². The van der Waals surface area contributed by atoms with Crippen LogP contribution in [0.15, 0.2) is 0 Å². The summed E-state index contributed by atoms with van der Waals surface area (Å²) in [4.78, 5) is 8.33. The molecule has 4 nitrogen and oxygen atoms in total. The Morgan fingerprint density at radius 1 is 1.29 bits per heavy atom. The average molecular weight is 163 g/mol. The minimum absolute atomic E-state index is 0. The summed E-state index contributed by atoms with van der Waals surface area (Å²) in [6, 6.07) is 0. The van der Waals surface area contributed by atoms with Gasteiger partial charge in [-0.05, 0) is 6.16 Å². The molecule has 0 aromatic carbocycles. The third kappa shape index (κ3) is 1730. The number of carbonyl (C=O) groups is 1. The van der Waals surface area contributed by atoms with Crippen molar-refractivity contribution in [3.8, 4) is 0 Å². The number of rotatable bonds is 0. The van der Waals surface area contributed by atoms with Gasteiger partial charge in [-0.2, -0.15) is 0 Å². The molecule has 0 radical (unpaired) electrons. The van der Waals surface area contributed by atoms with Crippen molar-refractivity contribution >= 4 is 23.5 Å². The first-order chi connectivity index (χ1) is 1.73. The molecule has 0 aliphatic heterocycles. The van der Waals surface area contributed by atoms with Crippen LogP contribution in [0.3, 0.4) is 0 Å². The molecule has 40 valence electrons. The van der Waals surface area contributed by atoms with Crippen molar-refractivity contribution in [2.24, 2.45) is 0 Å². The van der Waals surface area contributed by atoms with Crippen molar-refractivity contribution in [2.45, 2.75) is 0 Å². The Balaban J connectivity index is -0.0000000150. The smallest absolute Gasteiger partial charge is 0.870 e. The van der Waals surface area contributed by atoms with E-state index in [0.29, 0.717) is 0 Å². The van der Waals surface area contributed by atoms with E-state index in [0.717, 1.165) is 0 Å². The van der Waals surface area contributed by atoms with Gasteiger partial charge in [-0.1, -0.05) is 0 Å². The third-order valence-corrected chi connectivity index (χ3v) is 0. The molecular formula is CHAlNiO4+2. The van der Waals surface area contributed by atoms with Crippen LogP contribution < -0.4 is 10.2 Å². The molecule has 7 heavy (non-hydrogen) atoms. The SMILES string of the molecule is O=C([O-])[O-].[Al+3].[Ni+2].[OH-]. The fraction of sp³-hybridized carbons (Fsp3) is 0. The minimum atomic E-state index is -2.33. The normalized spacial score (nSPS) is 3.43. The second-order valence-corrected chi connectivity index (χ2v) is 0.250. The van der Waals surface area contributed by atoms with Crippen molar-refractivity contribution < 1.29 is 37.0 Å². The Morgan fingerprint density at radius 3 is 1.29 bits per heavy atom. The van der Waals surface area contributed by atoms with Crippen LogP contribution in [0.2, 0.25) is 0 Å². The molecule has 0 aliphatic rings. The Bertz CT molecular complexity index is 34.7. The first-order valence-corrected chi connectivity index (χ1v) is 0.612. The van der Waals surface area contributed by atoms with Crippen molar-refractivity contribution in [1.29, 1.82) is 0 Å². The maximum Gasteiger partial charge on any atom is 3.00 e. The Kier molecular flexibility index (Phi) is 62.4. The Labute approximate surface area is 60.9 Å². The van der Waals surface area contributed by atoms with Crippen LogP contribution in [-0.4, -0.2) is 29.0 Å². The predicted octanol–water partition coefficient (Wildman–Crippen LogP) is -3.01. The Morgan fingerprint density at radius 2 is 1.29 bits per heavy atom. The molecule has 0 aliphatic carbocycles. The van der Waals surface area contributed by atoms with E-state index in [4.69, 9.17) is 15.0 Å². The summed E-state index contributed by atoms with van der Waals surface area (Å²) in [5, 5.41) is 16.7. The fourth-order valence-electron chi connectivity index (χ4n) is 0. The van der Waals surface area contributed by atoms with Gasteiger partial charge in [0.2, 0.25) is 0 Å². The molecular weight excluding hydrogens is 162 g/mol. The molecule has 0 bridgehead atoms. The van der Waals surface area contributed by atoms with E-state index in [1.165, 1.54) is 0 Å². The first kappa shape index (κ1) is 26.8. The number of hydrogen-bond acceptors (Lipinski definition) is 4. The number of carbonyl (C=O) groups excluding carboxylic acids is 1. The van der Waals surface area contributed by atoms with Gasteiger partial charge in [0.1, 0.15) is 0 Å². The van der Waals surface area contributed by atoms with Crippen LogP contribution in [0.5, 0.6) is 0 Å². The van der Waals surface area contributed by atoms with Crippen molar-refractivity contribution in [1.82, 2.24) is 0 Å². The molecule has 0 aromatic heterocycles. The van der Waals surface area contributed by atoms with Gasteiger partial charge in [0.05, 0.1) is 0 Å². The van der Waals surface area contributed by atoms with Gasteiger partial charge >= 0.3 is 33.9 Å². The van der Waals surface area contributed by atoms with Crippen molar-refractivity contribution in [2.75, 3.05) is 0 Å². The van der Waals surface area contributed by atoms with Gasteiger partial charge in [-0.15, -0.1) is 0 Å². The summed E-state index contributed by atoms with van der Waals surface area (Å²) >= 11 is 0. The zero-order valence-corrected chi connectivity index (χ0v) is 5.21. The molecule has 0 atom stereocenters. The minimum Gasteiger partial charge on any atom is -0.870 e. The average Bonchev–Trinajstić information content (AvgIpc) is 0.811. The van der Waals surface area contributed by atoms with Crippen LogP contribution in [0, 0.1) is 0 Å². The third-order valence-electron chi connectivity index (χ3n) is 0. The largest absolute Gasteiger partial charge is 3.00 e. The van der Waals surface area contributed by atoms with Gasteiger partial charge in [0.15, 0.2) is 0 Å². The Hall–Kier alpha value is 0.256. The zero-order chi connectivity index (χ0) is 3.58. The molecule has 0 saturated carbocycles. The summed E-state index contributed by atoms with van der Waals surface area (Å²) in [5.41, 5.74) is 0. The second kappa shape index (κ2) is 16.3. The van der Waals surface area contributed by atoms with Gasteiger partial charge in [-0.3, -0.25) is 0 Å². The monoisotopic (exact) mass is 162 g/mol. The fourth-order valence-corrected chi connectivity index (χ4v) is 0. The van der Waals surface area contributed by atoms with E-state index in [-0.39, 0.29) is 39.3 Å². The maximum atomic E-state index is 8.33. The summed E-state index contributed by atoms with van der Waals surface area (Å²) in [7, 11) is 0. The quantitative estimate of drug-likeness (QED) is 0.355.